The summed E-state index contributed by atoms with van der Waals surface area (Å²) in [7, 11) is 0. The largest absolute Gasteiger partial charge is 0.481 e. The van der Waals surface area contributed by atoms with E-state index >= 15 is 0 Å². The number of nitrogens with zero attached hydrogens (tertiary/aromatic N) is 3. The van der Waals surface area contributed by atoms with Crippen molar-refractivity contribution in [3.8, 4) is 0 Å². The molecule has 0 unspecified atom stereocenters. The minimum Gasteiger partial charge on any atom is -0.481 e. The highest BCUT2D eigenvalue weighted by atomic mass is 16.4. The van der Waals surface area contributed by atoms with Gasteiger partial charge >= 0.3 is 11.9 Å². The maximum atomic E-state index is 11.8. The molecule has 5 aromatic rings. The number of H-pyrrole nitrogens is 1. The van der Waals surface area contributed by atoms with E-state index in [4.69, 9.17) is 4.98 Å². The number of fused-ring (bicyclic) bond motifs is 4. The molecular formula is C34H33N4O4+. The second-order valence-electron chi connectivity index (χ2n) is 11.1. The van der Waals surface area contributed by atoms with Gasteiger partial charge in [0.2, 0.25) is 11.0 Å². The van der Waals surface area contributed by atoms with Crippen molar-refractivity contribution in [2.75, 3.05) is 0 Å². The van der Waals surface area contributed by atoms with Gasteiger partial charge in [-0.2, -0.15) is 0 Å². The van der Waals surface area contributed by atoms with E-state index in [1.54, 1.807) is 0 Å². The van der Waals surface area contributed by atoms with E-state index < -0.39 is 11.9 Å². The third kappa shape index (κ3) is 3.97. The molecule has 0 amide bonds. The van der Waals surface area contributed by atoms with Crippen molar-refractivity contribution in [2.24, 2.45) is 0 Å². The summed E-state index contributed by atoms with van der Waals surface area (Å²) in [6.07, 6.45) is 4.37. The molecule has 42 heavy (non-hydrogen) atoms. The fourth-order valence-electron chi connectivity index (χ4n) is 6.50. The van der Waals surface area contributed by atoms with Crippen molar-refractivity contribution in [3.63, 3.8) is 0 Å². The molecule has 3 N–H and O–H groups in total. The number of aryl methyl sites for hydroxylation is 4. The monoisotopic (exact) mass is 561 g/mol. The van der Waals surface area contributed by atoms with Crippen molar-refractivity contribution >= 4 is 68.3 Å². The average molecular weight is 562 g/mol. The van der Waals surface area contributed by atoms with Crippen molar-refractivity contribution in [1.82, 2.24) is 14.5 Å². The van der Waals surface area contributed by atoms with E-state index in [0.717, 1.165) is 83.3 Å². The molecule has 6 rings (SSSR count). The van der Waals surface area contributed by atoms with Gasteiger partial charge in [-0.05, 0) is 74.9 Å². The molecule has 0 aliphatic carbocycles. The van der Waals surface area contributed by atoms with E-state index in [-0.39, 0.29) is 12.8 Å². The van der Waals surface area contributed by atoms with Gasteiger partial charge in [0.25, 0.3) is 0 Å². The Morgan fingerprint density at radius 1 is 0.833 bits per heavy atom. The molecule has 5 aromatic heterocycles. The third-order valence-electron chi connectivity index (χ3n) is 8.77. The van der Waals surface area contributed by atoms with Gasteiger partial charge in [0.15, 0.2) is 0 Å². The number of carbonyl (C=O) groups is 2. The Hall–Kier alpha value is -4.98. The lowest BCUT2D eigenvalue weighted by Gasteiger charge is -2.03. The lowest BCUT2D eigenvalue weighted by atomic mass is 10.0. The van der Waals surface area contributed by atoms with Crippen LogP contribution in [0.5, 0.6) is 0 Å². The molecule has 0 saturated heterocycles. The van der Waals surface area contributed by atoms with E-state index in [2.05, 4.69) is 59.2 Å². The summed E-state index contributed by atoms with van der Waals surface area (Å²) >= 11 is 0. The predicted octanol–water partition coefficient (Wildman–Crippen LogP) is 6.61. The number of aliphatic carboxylic acids is 2. The number of hydrogen-bond acceptors (Lipinski definition) is 3. The molecule has 0 radical (unpaired) electrons. The van der Waals surface area contributed by atoms with Crippen LogP contribution in [0.25, 0.3) is 56.4 Å². The minimum atomic E-state index is -0.870. The average Bonchev–Trinajstić information content (AvgIpc) is 3.59. The Labute approximate surface area is 242 Å². The first kappa shape index (κ1) is 27.2. The maximum absolute atomic E-state index is 11.8. The lowest BCUT2D eigenvalue weighted by molar-refractivity contribution is -0.560. The summed E-state index contributed by atoms with van der Waals surface area (Å²) in [6.45, 7) is 16.4. The van der Waals surface area contributed by atoms with Gasteiger partial charge in [-0.25, -0.2) is 4.98 Å². The van der Waals surface area contributed by atoms with Crippen molar-refractivity contribution in [1.29, 1.82) is 0 Å². The van der Waals surface area contributed by atoms with Crippen LogP contribution in [0.1, 0.15) is 71.0 Å². The van der Waals surface area contributed by atoms with Crippen LogP contribution in [0, 0.1) is 20.8 Å². The summed E-state index contributed by atoms with van der Waals surface area (Å²) in [4.78, 5) is 31.9. The molecule has 212 valence electrons. The minimum absolute atomic E-state index is 0.00982. The van der Waals surface area contributed by atoms with Crippen molar-refractivity contribution in [3.05, 3.63) is 82.2 Å². The van der Waals surface area contributed by atoms with Crippen LogP contribution in [0.3, 0.4) is 0 Å². The van der Waals surface area contributed by atoms with E-state index in [0.29, 0.717) is 18.5 Å². The summed E-state index contributed by atoms with van der Waals surface area (Å²) in [6, 6.07) is 8.32. The second-order valence-corrected chi connectivity index (χ2v) is 11.1. The SMILES string of the molecule is C=Cc1c(C)c2cc3c(C)c(CCC(=O)O)c4cc5nc(cc6c(C=C)c(C)c(cc1[nH]2)n6[n+]34)C(C)=C5CCC(=O)O. The first-order chi connectivity index (χ1) is 20.0. The first-order valence-electron chi connectivity index (χ1n) is 14.0. The number of nitrogens with one attached hydrogen (secondary N) is 1. The Morgan fingerprint density at radius 3 is 2.19 bits per heavy atom. The van der Waals surface area contributed by atoms with Crippen LogP contribution in [0.4, 0.5) is 0 Å². The standard InChI is InChI=1S/C34H32N4O4/c1-7-21-17(3)25-13-29-20(6)24(10-12-34(41)42)32-16-28-23(9-11-33(39)40)18(4)26(36-28)14-31-22(8-2)19(5)30(15-27(21)35-25)37(31)38(29)32/h7-8,13-16H,1-2,9-12H2,3-6H3,(H2,39,40,41,42)/p+1. The van der Waals surface area contributed by atoms with Crippen LogP contribution in [0.2, 0.25) is 0 Å². The Morgan fingerprint density at radius 2 is 1.52 bits per heavy atom. The summed E-state index contributed by atoms with van der Waals surface area (Å²) in [5.74, 6) is -1.74. The highest BCUT2D eigenvalue weighted by molar-refractivity contribution is 5.95. The fraction of sp³-hybridized carbons (Fsp3) is 0.235. The predicted molar refractivity (Wildman–Crippen MR) is 166 cm³/mol. The van der Waals surface area contributed by atoms with E-state index in [1.165, 1.54) is 0 Å². The molecule has 0 saturated carbocycles. The highest BCUT2D eigenvalue weighted by Crippen LogP contribution is 2.36. The molecular weight excluding hydrogens is 528 g/mol. The molecule has 0 atom stereocenters. The zero-order valence-electron chi connectivity index (χ0n) is 24.3. The van der Waals surface area contributed by atoms with Gasteiger partial charge < -0.3 is 15.2 Å². The first-order valence-corrected chi connectivity index (χ1v) is 14.0. The molecule has 6 heterocycles. The number of rotatable bonds is 8. The van der Waals surface area contributed by atoms with Crippen molar-refractivity contribution in [2.45, 2.75) is 53.4 Å². The van der Waals surface area contributed by atoms with Gasteiger partial charge in [0.1, 0.15) is 11.0 Å². The molecule has 1 aliphatic heterocycles. The number of carboxylic acid groups (broad SMARTS) is 2. The molecule has 0 aromatic carbocycles. The van der Waals surface area contributed by atoms with Gasteiger partial charge in [-0.3, -0.25) is 9.59 Å². The van der Waals surface area contributed by atoms with Crippen LogP contribution in [0.15, 0.2) is 37.4 Å². The molecule has 8 heteroatoms. The highest BCUT2D eigenvalue weighted by Gasteiger charge is 2.29. The summed E-state index contributed by atoms with van der Waals surface area (Å²) in [5.41, 5.74) is 14.8. The topological polar surface area (TPSA) is 112 Å². The maximum Gasteiger partial charge on any atom is 0.303 e. The third-order valence-corrected chi connectivity index (χ3v) is 8.77. The van der Waals surface area contributed by atoms with Gasteiger partial charge in [-0.1, -0.05) is 29.8 Å². The number of allylic oxidation sites excluding steroid dienone is 2. The quantitative estimate of drug-likeness (QED) is 0.185. The Bertz CT molecular complexity index is 2120. The van der Waals surface area contributed by atoms with Crippen LogP contribution >= 0.6 is 0 Å². The number of aromatic nitrogens is 4. The summed E-state index contributed by atoms with van der Waals surface area (Å²) in [5, 5.41) is 19.1. The second kappa shape index (κ2) is 9.83. The molecule has 8 nitrogen and oxygen atoms in total. The number of aromatic amines is 1. The van der Waals surface area contributed by atoms with E-state index in [9.17, 15) is 19.8 Å². The van der Waals surface area contributed by atoms with Gasteiger partial charge in [0.05, 0.1) is 11.4 Å². The smallest absolute Gasteiger partial charge is 0.303 e. The van der Waals surface area contributed by atoms with Crippen molar-refractivity contribution < 1.29 is 24.3 Å². The molecule has 0 fully saturated rings. The zero-order chi connectivity index (χ0) is 30.0. The van der Waals surface area contributed by atoms with Crippen LogP contribution in [-0.2, 0) is 16.0 Å². The van der Waals surface area contributed by atoms with Gasteiger partial charge in [-0.15, -0.1) is 4.52 Å². The molecule has 1 aliphatic rings. The number of carboxylic acids is 2. The molecule has 0 spiro atoms. The summed E-state index contributed by atoms with van der Waals surface area (Å²) < 4.78 is 4.34. The fourth-order valence-corrected chi connectivity index (χ4v) is 6.50. The zero-order valence-corrected chi connectivity index (χ0v) is 24.3. The van der Waals surface area contributed by atoms with Crippen LogP contribution < -0.4 is 4.52 Å². The normalized spacial score (nSPS) is 12.7. The van der Waals surface area contributed by atoms with Crippen LogP contribution in [-0.4, -0.2) is 36.6 Å². The lowest BCUT2D eigenvalue weighted by Crippen LogP contribution is -2.29. The number of hydrogen-bond donors (Lipinski definition) is 3. The molecule has 4 bridgehead atoms. The Kier molecular flexibility index (Phi) is 6.37. The van der Waals surface area contributed by atoms with Gasteiger partial charge in [0, 0.05) is 58.3 Å². The Balaban J connectivity index is 1.94. The van der Waals surface area contributed by atoms with E-state index in [1.807, 2.05) is 32.1 Å².